The molecule has 0 bridgehead atoms. The second-order valence-electron chi connectivity index (χ2n) is 15.9. The Labute approximate surface area is 320 Å². The Balaban J connectivity index is 0. The molecule has 308 valence electrons. The fourth-order valence-corrected chi connectivity index (χ4v) is 6.82. The van der Waals surface area contributed by atoms with E-state index >= 15 is 0 Å². The summed E-state index contributed by atoms with van der Waals surface area (Å²) in [6.45, 7) is 6.86. The summed E-state index contributed by atoms with van der Waals surface area (Å²) >= 11 is 0. The molecule has 0 fully saturated rings. The number of likely N-dealkylation sites (N-methyl/N-ethyl adjacent to an activating group) is 1. The van der Waals surface area contributed by atoms with E-state index in [0.29, 0.717) is 0 Å². The molecule has 0 radical (unpaired) electrons. The van der Waals surface area contributed by atoms with Crippen LogP contribution in [-0.2, 0) is 0 Å². The number of nitrogens with one attached hydrogen (secondary N) is 1. The third-order valence-electron chi connectivity index (χ3n) is 10.2. The van der Waals surface area contributed by atoms with Crippen molar-refractivity contribution in [2.45, 2.75) is 219 Å². The van der Waals surface area contributed by atoms with Crippen LogP contribution in [-0.4, -0.2) is 56.5 Å². The number of unbranched alkanes of at least 4 members (excludes halogenated alkanes) is 30. The number of aliphatic hydroxyl groups excluding tert-OH is 1. The van der Waals surface area contributed by atoms with E-state index in [4.69, 9.17) is 23.7 Å². The normalized spacial score (nSPS) is 12.2. The molecule has 0 aromatic heterocycles. The highest BCUT2D eigenvalue weighted by Gasteiger charge is 2.12. The van der Waals surface area contributed by atoms with E-state index in [9.17, 15) is 0 Å². The first-order valence-corrected chi connectivity index (χ1v) is 23.3. The lowest BCUT2D eigenvalue weighted by Gasteiger charge is -2.28. The molecule has 0 aliphatic carbocycles. The molecule has 0 aromatic rings. The van der Waals surface area contributed by atoms with Gasteiger partial charge < -0.3 is 14.9 Å². The van der Waals surface area contributed by atoms with Crippen molar-refractivity contribution in [1.82, 2.24) is 5.32 Å². The van der Waals surface area contributed by atoms with Crippen LogP contribution in [0, 0.1) is 10.2 Å². The van der Waals surface area contributed by atoms with Crippen molar-refractivity contribution < 1.29 is 38.5 Å². The molecule has 0 unspecified atom stereocenters. The number of hydrogen-bond donors (Lipinski definition) is 2. The van der Waals surface area contributed by atoms with Gasteiger partial charge in [0, 0.05) is 13.0 Å². The summed E-state index contributed by atoms with van der Waals surface area (Å²) in [5.74, 6) is 0. The first-order chi connectivity index (χ1) is 24.6. The number of hydrogen-bond acceptors (Lipinski definition) is 6. The number of halogens is 1. The van der Waals surface area contributed by atoms with Crippen LogP contribution in [0.2, 0.25) is 0 Å². The van der Waals surface area contributed by atoms with E-state index in [1.54, 1.807) is 0 Å². The Bertz CT molecular complexity index is 669. The van der Waals surface area contributed by atoms with Gasteiger partial charge in [0.25, 0.3) is 0 Å². The molecule has 0 aliphatic rings. The van der Waals surface area contributed by atoms with E-state index in [0.717, 1.165) is 30.7 Å². The first kappa shape index (κ1) is 52.9. The summed E-state index contributed by atoms with van der Waals surface area (Å²) in [6, 6.07) is 0. The Morgan fingerprint density at radius 2 is 0.706 bits per heavy atom. The molecule has 2 N–H and O–H groups in total. The van der Waals surface area contributed by atoms with Crippen molar-refractivity contribution in [1.29, 1.82) is 0 Å². The fourth-order valence-electron chi connectivity index (χ4n) is 6.82. The average molecular weight is 750 g/mol. The smallest absolute Gasteiger partial charge is 0.102 e. The van der Waals surface area contributed by atoms with Crippen LogP contribution >= 0.6 is 0 Å². The average Bonchev–Trinajstić information content (AvgIpc) is 3.07. The predicted molar refractivity (Wildman–Crippen MR) is 209 cm³/mol. The van der Waals surface area contributed by atoms with Gasteiger partial charge in [-0.2, -0.15) is 0 Å². The van der Waals surface area contributed by atoms with Gasteiger partial charge in [-0.25, -0.2) is 18.6 Å². The lowest BCUT2D eigenvalue weighted by Crippen LogP contribution is -2.68. The quantitative estimate of drug-likeness (QED) is 0.0369. The van der Waals surface area contributed by atoms with Crippen LogP contribution in [0.3, 0.4) is 0 Å². The predicted octanol–water partition coefficient (Wildman–Crippen LogP) is 8.34. The van der Waals surface area contributed by atoms with E-state index in [1.165, 1.54) is 212 Å². The van der Waals surface area contributed by atoms with Gasteiger partial charge in [-0.05, 0) is 38.6 Å². The maximum absolute atomic E-state index is 9.10. The van der Waals surface area contributed by atoms with Crippen molar-refractivity contribution in [2.24, 2.45) is 0 Å². The van der Waals surface area contributed by atoms with Gasteiger partial charge in [0.1, 0.15) is 6.54 Å². The van der Waals surface area contributed by atoms with Gasteiger partial charge in [0.05, 0.1) is 27.2 Å². The molecule has 0 aromatic carbocycles. The molecular weight excluding hydrogens is 660 g/mol. The zero-order chi connectivity index (χ0) is 38.0. The molecule has 0 spiro atoms. The van der Waals surface area contributed by atoms with Crippen LogP contribution in [0.1, 0.15) is 219 Å². The minimum absolute atomic E-state index is 0.288. The van der Waals surface area contributed by atoms with Gasteiger partial charge in [0.2, 0.25) is 0 Å². The van der Waals surface area contributed by atoms with Crippen LogP contribution in [0.25, 0.3) is 0 Å². The third kappa shape index (κ3) is 56.6. The lowest BCUT2D eigenvalue weighted by atomic mass is 10.0. The summed E-state index contributed by atoms with van der Waals surface area (Å²) in [7, 11) is -0.534. The topological polar surface area (TPSA) is 124 Å². The summed E-state index contributed by atoms with van der Waals surface area (Å²) in [5, 5.41) is 12.7. The summed E-state index contributed by atoms with van der Waals surface area (Å²) in [4.78, 5) is 0. The Hall–Kier alpha value is -0.250. The van der Waals surface area contributed by atoms with Gasteiger partial charge in [0.15, 0.2) is 0 Å². The van der Waals surface area contributed by atoms with Gasteiger partial charge in [-0.3, -0.25) is 0 Å². The SMILES string of the molecule is CCCCCCCCCCCCCCCCCCCCCCCCCC/C=C\CCCCCCCCNCCC[N+](C)(C)CCO.[O-][Cl+3]([O-])([O-])[O-]. The zero-order valence-corrected chi connectivity index (χ0v) is 35.2. The van der Waals surface area contributed by atoms with Gasteiger partial charge in [-0.1, -0.05) is 192 Å². The number of quaternary nitrogens is 1. The van der Waals surface area contributed by atoms with E-state index in [1.807, 2.05) is 0 Å². The molecule has 0 saturated heterocycles. The van der Waals surface area contributed by atoms with Gasteiger partial charge >= 0.3 is 0 Å². The van der Waals surface area contributed by atoms with Crippen LogP contribution in [0.4, 0.5) is 0 Å². The highest BCUT2D eigenvalue weighted by molar-refractivity contribution is 4.81. The molecule has 0 amide bonds. The Kier molecular flexibility index (Phi) is 44.0. The highest BCUT2D eigenvalue weighted by Crippen LogP contribution is 2.16. The zero-order valence-electron chi connectivity index (χ0n) is 34.4. The van der Waals surface area contributed by atoms with E-state index < -0.39 is 10.2 Å². The second-order valence-corrected chi connectivity index (χ2v) is 16.6. The first-order valence-electron chi connectivity index (χ1n) is 22.0. The molecule has 0 rings (SSSR count). The molecule has 0 atom stereocenters. The van der Waals surface area contributed by atoms with Crippen molar-refractivity contribution in [3.8, 4) is 0 Å². The van der Waals surface area contributed by atoms with Crippen molar-refractivity contribution in [3.05, 3.63) is 12.2 Å². The van der Waals surface area contributed by atoms with Crippen LogP contribution < -0.4 is 24.0 Å². The Morgan fingerprint density at radius 3 is 1.02 bits per heavy atom. The standard InChI is InChI=1S/C43H89N2O.ClHO4/c1-4-5-6-7-8-9-10-11-12-13-14-15-16-17-18-19-20-21-22-23-24-25-26-27-28-29-30-31-32-33-34-35-36-37-39-44-40-38-41-45(2,3)42-43-46;2-1(3,4)5/h29-30,44,46H,4-28,31-43H2,1-3H3;(H,2,3,4,5)/q+1;/p-1/b30-29-;. The molecule has 51 heavy (non-hydrogen) atoms. The maximum atomic E-state index is 9.10. The minimum atomic E-state index is -4.94. The fraction of sp³-hybridized carbons (Fsp3) is 0.953. The van der Waals surface area contributed by atoms with Crippen LogP contribution in [0.5, 0.6) is 0 Å². The van der Waals surface area contributed by atoms with Crippen molar-refractivity contribution in [2.75, 3.05) is 46.9 Å². The number of nitrogens with zero attached hydrogens (tertiary/aromatic N) is 1. The summed E-state index contributed by atoms with van der Waals surface area (Å²) in [6.07, 6.45) is 52.1. The largest absolute Gasteiger partial charge is 0.391 e. The van der Waals surface area contributed by atoms with Gasteiger partial charge in [-0.15, -0.1) is 10.2 Å². The minimum Gasteiger partial charge on any atom is -0.391 e. The third-order valence-corrected chi connectivity index (χ3v) is 10.2. The second kappa shape index (κ2) is 42.5. The highest BCUT2D eigenvalue weighted by atomic mass is 35.7. The maximum Gasteiger partial charge on any atom is 0.102 e. The monoisotopic (exact) mass is 749 g/mol. The molecule has 8 heteroatoms. The van der Waals surface area contributed by atoms with Crippen molar-refractivity contribution in [3.63, 3.8) is 0 Å². The van der Waals surface area contributed by atoms with E-state index in [2.05, 4.69) is 38.5 Å². The molecular formula is C43H89ClN2O5. The van der Waals surface area contributed by atoms with Crippen molar-refractivity contribution >= 4 is 0 Å². The molecule has 0 saturated carbocycles. The van der Waals surface area contributed by atoms with Crippen LogP contribution in [0.15, 0.2) is 12.2 Å². The lowest BCUT2D eigenvalue weighted by molar-refractivity contribution is -2.00. The molecule has 7 nitrogen and oxygen atoms in total. The number of rotatable bonds is 40. The molecule has 0 aliphatic heterocycles. The summed E-state index contributed by atoms with van der Waals surface area (Å²) in [5.41, 5.74) is 0. The number of allylic oxidation sites excluding steroid dienone is 2. The summed E-state index contributed by atoms with van der Waals surface area (Å²) < 4.78 is 34.9. The Morgan fingerprint density at radius 1 is 0.431 bits per heavy atom. The molecule has 0 heterocycles. The van der Waals surface area contributed by atoms with E-state index in [-0.39, 0.29) is 6.61 Å². The number of aliphatic hydroxyl groups is 1.